The van der Waals surface area contributed by atoms with Crippen LogP contribution in [0.5, 0.6) is 0 Å². The van der Waals surface area contributed by atoms with Crippen LogP contribution in [0, 0.1) is 5.41 Å². The maximum atomic E-state index is 11.9. The van der Waals surface area contributed by atoms with Gasteiger partial charge in [0.2, 0.25) is 5.91 Å². The monoisotopic (exact) mass is 274 g/mol. The number of carbonyl (C=O) groups excluding carboxylic acids is 1. The van der Waals surface area contributed by atoms with Crippen molar-refractivity contribution in [2.45, 2.75) is 33.7 Å². The zero-order chi connectivity index (χ0) is 14.9. The lowest BCUT2D eigenvalue weighted by Crippen LogP contribution is -2.20. The summed E-state index contributed by atoms with van der Waals surface area (Å²) in [6.07, 6.45) is 0.358. The summed E-state index contributed by atoms with van der Waals surface area (Å²) >= 11 is 0. The Morgan fingerprint density at radius 3 is 2.35 bits per heavy atom. The molecule has 1 aliphatic rings. The fourth-order valence-corrected chi connectivity index (χ4v) is 1.94. The van der Waals surface area contributed by atoms with E-state index in [4.69, 9.17) is 5.11 Å². The van der Waals surface area contributed by atoms with Gasteiger partial charge in [-0.05, 0) is 17.7 Å². The minimum Gasteiger partial charge on any atom is -0.478 e. The van der Waals surface area contributed by atoms with E-state index < -0.39 is 5.97 Å². The maximum Gasteiger partial charge on any atom is 0.335 e. The van der Waals surface area contributed by atoms with E-state index in [2.05, 4.69) is 5.10 Å². The van der Waals surface area contributed by atoms with E-state index in [0.29, 0.717) is 13.0 Å². The van der Waals surface area contributed by atoms with Gasteiger partial charge in [0.15, 0.2) is 0 Å². The largest absolute Gasteiger partial charge is 0.478 e. The lowest BCUT2D eigenvalue weighted by Gasteiger charge is -2.16. The fraction of sp³-hybridized carbons (Fsp3) is 0.400. The number of rotatable bonds is 3. The number of amides is 1. The number of hydrazone groups is 1. The van der Waals surface area contributed by atoms with Gasteiger partial charge >= 0.3 is 5.97 Å². The molecule has 20 heavy (non-hydrogen) atoms. The van der Waals surface area contributed by atoms with E-state index in [9.17, 15) is 9.59 Å². The van der Waals surface area contributed by atoms with Crippen LogP contribution in [0.2, 0.25) is 0 Å². The molecule has 0 atom stereocenters. The Bertz CT molecular complexity index is 568. The Balaban J connectivity index is 2.12. The van der Waals surface area contributed by atoms with Gasteiger partial charge in [-0.1, -0.05) is 32.9 Å². The number of hydrogen-bond donors (Lipinski definition) is 1. The fourth-order valence-electron chi connectivity index (χ4n) is 1.94. The molecule has 0 fully saturated rings. The first kappa shape index (κ1) is 14.2. The van der Waals surface area contributed by atoms with Crippen LogP contribution in [0.4, 0.5) is 0 Å². The summed E-state index contributed by atoms with van der Waals surface area (Å²) in [6, 6.07) is 6.49. The van der Waals surface area contributed by atoms with Gasteiger partial charge in [0.25, 0.3) is 0 Å². The molecule has 0 aliphatic carbocycles. The number of aromatic carboxylic acids is 1. The van der Waals surface area contributed by atoms with Gasteiger partial charge in [-0.2, -0.15) is 5.10 Å². The molecule has 5 heteroatoms. The Kier molecular flexibility index (Phi) is 3.61. The average molecular weight is 274 g/mol. The molecule has 1 aliphatic heterocycles. The third-order valence-corrected chi connectivity index (χ3v) is 3.25. The van der Waals surface area contributed by atoms with Crippen molar-refractivity contribution in [3.63, 3.8) is 0 Å². The smallest absolute Gasteiger partial charge is 0.335 e. The Hall–Kier alpha value is -2.17. The van der Waals surface area contributed by atoms with Crippen LogP contribution in [0.3, 0.4) is 0 Å². The van der Waals surface area contributed by atoms with Crippen LogP contribution >= 0.6 is 0 Å². The highest BCUT2D eigenvalue weighted by Crippen LogP contribution is 2.25. The van der Waals surface area contributed by atoms with Crippen LogP contribution in [-0.2, 0) is 11.3 Å². The normalized spacial score (nSPS) is 15.4. The highest BCUT2D eigenvalue weighted by Gasteiger charge is 2.30. The molecule has 0 spiro atoms. The second-order valence-corrected chi connectivity index (χ2v) is 5.93. The van der Waals surface area contributed by atoms with Crippen molar-refractivity contribution >= 4 is 17.6 Å². The minimum absolute atomic E-state index is 0.0164. The summed E-state index contributed by atoms with van der Waals surface area (Å²) in [7, 11) is 0. The molecule has 1 heterocycles. The van der Waals surface area contributed by atoms with Crippen molar-refractivity contribution in [2.75, 3.05) is 0 Å². The summed E-state index contributed by atoms with van der Waals surface area (Å²) in [5.41, 5.74) is 1.87. The van der Waals surface area contributed by atoms with Crippen LogP contribution in [0.1, 0.15) is 43.1 Å². The zero-order valence-electron chi connectivity index (χ0n) is 11.9. The number of hydrogen-bond acceptors (Lipinski definition) is 3. The van der Waals surface area contributed by atoms with Crippen LogP contribution in [-0.4, -0.2) is 27.7 Å². The summed E-state index contributed by atoms with van der Waals surface area (Å²) in [4.78, 5) is 22.7. The van der Waals surface area contributed by atoms with Gasteiger partial charge in [-0.15, -0.1) is 0 Å². The molecule has 1 aromatic rings. The lowest BCUT2D eigenvalue weighted by molar-refractivity contribution is -0.129. The molecule has 2 rings (SSSR count). The molecular formula is C15H18N2O3. The summed E-state index contributed by atoms with van der Waals surface area (Å²) < 4.78 is 0. The molecular weight excluding hydrogens is 256 g/mol. The average Bonchev–Trinajstić information content (AvgIpc) is 2.71. The second-order valence-electron chi connectivity index (χ2n) is 5.93. The van der Waals surface area contributed by atoms with E-state index in [0.717, 1.165) is 11.3 Å². The molecule has 1 aromatic carbocycles. The second kappa shape index (κ2) is 5.07. The molecule has 1 N–H and O–H groups in total. The van der Waals surface area contributed by atoms with Gasteiger partial charge < -0.3 is 5.11 Å². The van der Waals surface area contributed by atoms with Crippen molar-refractivity contribution in [3.8, 4) is 0 Å². The van der Waals surface area contributed by atoms with E-state index in [1.807, 2.05) is 20.8 Å². The van der Waals surface area contributed by atoms with E-state index in [1.54, 1.807) is 12.1 Å². The Labute approximate surface area is 117 Å². The number of carbonyl (C=O) groups is 2. The molecule has 0 unspecified atom stereocenters. The Morgan fingerprint density at radius 2 is 1.90 bits per heavy atom. The molecule has 0 radical (unpaired) electrons. The number of carboxylic acids is 1. The minimum atomic E-state index is -0.957. The highest BCUT2D eigenvalue weighted by atomic mass is 16.4. The number of benzene rings is 1. The standard InChI is InChI=1S/C15H18N2O3/c1-15(2,3)12-8-13(18)17(16-12)9-10-4-6-11(7-5-10)14(19)20/h4-7H,8-9H2,1-3H3,(H,19,20). The topological polar surface area (TPSA) is 70.0 Å². The molecule has 0 saturated heterocycles. The SMILES string of the molecule is CC(C)(C)C1=NN(Cc2ccc(C(=O)O)cc2)C(=O)C1. The van der Waals surface area contributed by atoms with Gasteiger partial charge in [-0.3, -0.25) is 4.79 Å². The van der Waals surface area contributed by atoms with Crippen molar-refractivity contribution < 1.29 is 14.7 Å². The molecule has 0 aromatic heterocycles. The van der Waals surface area contributed by atoms with Gasteiger partial charge in [0.05, 0.1) is 24.2 Å². The first-order valence-electron chi connectivity index (χ1n) is 6.48. The van der Waals surface area contributed by atoms with Crippen molar-refractivity contribution in [3.05, 3.63) is 35.4 Å². The third-order valence-electron chi connectivity index (χ3n) is 3.25. The quantitative estimate of drug-likeness (QED) is 0.920. The summed E-state index contributed by atoms with van der Waals surface area (Å²) in [5, 5.41) is 14.7. The number of carboxylic acid groups (broad SMARTS) is 1. The molecule has 0 saturated carbocycles. The van der Waals surface area contributed by atoms with E-state index >= 15 is 0 Å². The van der Waals surface area contributed by atoms with Crippen molar-refractivity contribution in [1.82, 2.24) is 5.01 Å². The van der Waals surface area contributed by atoms with Crippen LogP contribution < -0.4 is 0 Å². The van der Waals surface area contributed by atoms with E-state index in [1.165, 1.54) is 17.1 Å². The van der Waals surface area contributed by atoms with Crippen LogP contribution in [0.15, 0.2) is 29.4 Å². The summed E-state index contributed by atoms with van der Waals surface area (Å²) in [6.45, 7) is 6.47. The molecule has 106 valence electrons. The Morgan fingerprint density at radius 1 is 1.30 bits per heavy atom. The lowest BCUT2D eigenvalue weighted by atomic mass is 9.88. The van der Waals surface area contributed by atoms with Gasteiger partial charge in [0, 0.05) is 5.41 Å². The number of nitrogens with zero attached hydrogens (tertiary/aromatic N) is 2. The van der Waals surface area contributed by atoms with Crippen molar-refractivity contribution in [2.24, 2.45) is 10.5 Å². The summed E-state index contributed by atoms with van der Waals surface area (Å²) in [5.74, 6) is -0.973. The predicted octanol–water partition coefficient (Wildman–Crippen LogP) is 2.52. The molecule has 0 bridgehead atoms. The highest BCUT2D eigenvalue weighted by molar-refractivity contribution is 6.07. The third kappa shape index (κ3) is 3.04. The zero-order valence-corrected chi connectivity index (χ0v) is 11.9. The van der Waals surface area contributed by atoms with Gasteiger partial charge in [-0.25, -0.2) is 9.80 Å². The van der Waals surface area contributed by atoms with Crippen molar-refractivity contribution in [1.29, 1.82) is 0 Å². The van der Waals surface area contributed by atoms with Gasteiger partial charge in [0.1, 0.15) is 0 Å². The first-order valence-corrected chi connectivity index (χ1v) is 6.48. The van der Waals surface area contributed by atoms with E-state index in [-0.39, 0.29) is 16.9 Å². The van der Waals surface area contributed by atoms with Crippen LogP contribution in [0.25, 0.3) is 0 Å². The molecule has 5 nitrogen and oxygen atoms in total. The maximum absolute atomic E-state index is 11.9. The molecule has 1 amide bonds. The first-order chi connectivity index (χ1) is 9.27. The predicted molar refractivity (Wildman–Crippen MR) is 75.5 cm³/mol.